The highest BCUT2D eigenvalue weighted by molar-refractivity contribution is 9.13. The number of hydrogen-bond donors (Lipinski definition) is 1. The van der Waals surface area contributed by atoms with Crippen LogP contribution in [-0.2, 0) is 0 Å². The molecule has 0 spiro atoms. The second kappa shape index (κ2) is 8.05. The Morgan fingerprint density at radius 3 is 2.73 bits per heavy atom. The van der Waals surface area contributed by atoms with Crippen molar-refractivity contribution >= 4 is 42.8 Å². The van der Waals surface area contributed by atoms with Crippen molar-refractivity contribution in [2.24, 2.45) is 0 Å². The molecule has 0 amide bonds. The lowest BCUT2D eigenvalue weighted by Crippen LogP contribution is -2.10. The van der Waals surface area contributed by atoms with Gasteiger partial charge in [0, 0.05) is 10.0 Å². The maximum Gasteiger partial charge on any atom is 0.259 e. The van der Waals surface area contributed by atoms with Crippen LogP contribution in [0.1, 0.15) is 6.92 Å². The van der Waals surface area contributed by atoms with Crippen LogP contribution in [0.5, 0.6) is 11.5 Å². The third kappa shape index (κ3) is 3.54. The Labute approximate surface area is 167 Å². The van der Waals surface area contributed by atoms with E-state index in [0.717, 1.165) is 0 Å². The summed E-state index contributed by atoms with van der Waals surface area (Å²) in [6.45, 7) is 6.37. The predicted molar refractivity (Wildman–Crippen MR) is 110 cm³/mol. The van der Waals surface area contributed by atoms with Gasteiger partial charge in [-0.2, -0.15) is 0 Å². The summed E-state index contributed by atoms with van der Waals surface area (Å²) in [7, 11) is 0. The van der Waals surface area contributed by atoms with E-state index in [0.29, 0.717) is 55.9 Å². The number of rotatable bonds is 6. The average Bonchev–Trinajstić information content (AvgIpc) is 2.64. The molecular formula is C19H16Br2N2O3. The first-order valence-electron chi connectivity index (χ1n) is 7.94. The van der Waals surface area contributed by atoms with Gasteiger partial charge in [-0.15, -0.1) is 0 Å². The largest absolute Gasteiger partial charge is 0.490 e. The zero-order chi connectivity index (χ0) is 18.7. The van der Waals surface area contributed by atoms with Gasteiger partial charge < -0.3 is 14.5 Å². The van der Waals surface area contributed by atoms with Crippen molar-refractivity contribution in [3.05, 3.63) is 62.3 Å². The Balaban J connectivity index is 2.22. The molecule has 0 aliphatic carbocycles. The SMILES string of the molecule is C=CCOc1c(OCC)cc(-c2nc3ccccc3c(=O)[nH]2)c(Br)c1Br. The summed E-state index contributed by atoms with van der Waals surface area (Å²) in [6, 6.07) is 9.01. The maximum absolute atomic E-state index is 12.4. The quantitative estimate of drug-likeness (QED) is 0.501. The minimum Gasteiger partial charge on any atom is -0.490 e. The van der Waals surface area contributed by atoms with E-state index in [-0.39, 0.29) is 5.56 Å². The van der Waals surface area contributed by atoms with Crippen molar-refractivity contribution in [2.45, 2.75) is 6.92 Å². The molecule has 5 nitrogen and oxygen atoms in total. The Morgan fingerprint density at radius 2 is 2.00 bits per heavy atom. The Morgan fingerprint density at radius 1 is 1.23 bits per heavy atom. The average molecular weight is 480 g/mol. The van der Waals surface area contributed by atoms with Gasteiger partial charge in [0.2, 0.25) is 0 Å². The van der Waals surface area contributed by atoms with Gasteiger partial charge >= 0.3 is 0 Å². The predicted octanol–water partition coefficient (Wildman–Crippen LogP) is 5.08. The van der Waals surface area contributed by atoms with Gasteiger partial charge in [0.15, 0.2) is 11.5 Å². The molecule has 3 aromatic rings. The van der Waals surface area contributed by atoms with Crippen molar-refractivity contribution in [1.82, 2.24) is 9.97 Å². The van der Waals surface area contributed by atoms with Crippen molar-refractivity contribution in [2.75, 3.05) is 13.2 Å². The Kier molecular flexibility index (Phi) is 5.78. The number of aromatic nitrogens is 2. The number of fused-ring (bicyclic) bond motifs is 1. The van der Waals surface area contributed by atoms with Crippen LogP contribution in [0.3, 0.4) is 0 Å². The summed E-state index contributed by atoms with van der Waals surface area (Å²) in [6.07, 6.45) is 1.66. The Hall–Kier alpha value is -2.12. The number of aromatic amines is 1. The molecule has 1 heterocycles. The van der Waals surface area contributed by atoms with Gasteiger partial charge in [0.25, 0.3) is 5.56 Å². The lowest BCUT2D eigenvalue weighted by atomic mass is 10.1. The molecule has 0 aliphatic heterocycles. The van der Waals surface area contributed by atoms with E-state index < -0.39 is 0 Å². The van der Waals surface area contributed by atoms with Gasteiger partial charge in [0.1, 0.15) is 12.4 Å². The molecule has 3 rings (SSSR count). The molecule has 0 atom stereocenters. The van der Waals surface area contributed by atoms with E-state index >= 15 is 0 Å². The number of halogens is 2. The van der Waals surface area contributed by atoms with Crippen molar-refractivity contribution < 1.29 is 9.47 Å². The van der Waals surface area contributed by atoms with Gasteiger partial charge in [-0.25, -0.2) is 4.98 Å². The minimum atomic E-state index is -0.196. The topological polar surface area (TPSA) is 64.2 Å². The van der Waals surface area contributed by atoms with Gasteiger partial charge in [-0.05, 0) is 57.0 Å². The van der Waals surface area contributed by atoms with Gasteiger partial charge in [-0.1, -0.05) is 24.8 Å². The molecule has 0 fully saturated rings. The van der Waals surface area contributed by atoms with Crippen LogP contribution < -0.4 is 15.0 Å². The normalized spacial score (nSPS) is 10.7. The Bertz CT molecular complexity index is 1030. The summed E-state index contributed by atoms with van der Waals surface area (Å²) in [5.74, 6) is 1.55. The molecule has 0 aliphatic rings. The molecule has 134 valence electrons. The molecule has 2 aromatic carbocycles. The molecular weight excluding hydrogens is 464 g/mol. The van der Waals surface area contributed by atoms with Crippen LogP contribution in [0.25, 0.3) is 22.3 Å². The summed E-state index contributed by atoms with van der Waals surface area (Å²) in [4.78, 5) is 19.8. The molecule has 0 saturated heterocycles. The monoisotopic (exact) mass is 478 g/mol. The van der Waals surface area contributed by atoms with Crippen LogP contribution in [0.4, 0.5) is 0 Å². The van der Waals surface area contributed by atoms with Crippen LogP contribution >= 0.6 is 31.9 Å². The van der Waals surface area contributed by atoms with E-state index in [4.69, 9.17) is 9.47 Å². The molecule has 26 heavy (non-hydrogen) atoms. The summed E-state index contributed by atoms with van der Waals surface area (Å²) in [5, 5.41) is 0.544. The number of H-pyrrole nitrogens is 1. The van der Waals surface area contributed by atoms with E-state index in [1.807, 2.05) is 25.1 Å². The fourth-order valence-electron chi connectivity index (χ4n) is 2.51. The number of nitrogens with one attached hydrogen (secondary N) is 1. The number of benzene rings is 2. The van der Waals surface area contributed by atoms with E-state index in [9.17, 15) is 4.79 Å². The van der Waals surface area contributed by atoms with E-state index in [1.165, 1.54) is 0 Å². The molecule has 1 aromatic heterocycles. The van der Waals surface area contributed by atoms with Crippen LogP contribution in [0.2, 0.25) is 0 Å². The maximum atomic E-state index is 12.4. The first-order chi connectivity index (χ1) is 12.6. The van der Waals surface area contributed by atoms with Crippen LogP contribution in [0.15, 0.2) is 56.7 Å². The standard InChI is InChI=1S/C19H16Br2N2O3/c1-3-9-26-17-14(25-4-2)10-12(15(20)16(17)21)18-22-13-8-6-5-7-11(13)19(24)23-18/h3,5-8,10H,1,4,9H2,2H3,(H,22,23,24). The zero-order valence-electron chi connectivity index (χ0n) is 14.0. The van der Waals surface area contributed by atoms with Gasteiger partial charge in [0.05, 0.1) is 22.0 Å². The number of para-hydroxylation sites is 1. The van der Waals surface area contributed by atoms with E-state index in [1.54, 1.807) is 18.2 Å². The molecule has 0 radical (unpaired) electrons. The van der Waals surface area contributed by atoms with Crippen molar-refractivity contribution in [1.29, 1.82) is 0 Å². The van der Waals surface area contributed by atoms with Crippen molar-refractivity contribution in [3.8, 4) is 22.9 Å². The molecule has 1 N–H and O–H groups in total. The van der Waals surface area contributed by atoms with Crippen LogP contribution in [0, 0.1) is 0 Å². The van der Waals surface area contributed by atoms with Gasteiger partial charge in [-0.3, -0.25) is 4.79 Å². The highest BCUT2D eigenvalue weighted by Crippen LogP contribution is 2.45. The fraction of sp³-hybridized carbons (Fsp3) is 0.158. The highest BCUT2D eigenvalue weighted by atomic mass is 79.9. The van der Waals surface area contributed by atoms with E-state index in [2.05, 4.69) is 48.4 Å². The van der Waals surface area contributed by atoms with Crippen LogP contribution in [-0.4, -0.2) is 23.2 Å². The number of ether oxygens (including phenoxy) is 2. The van der Waals surface area contributed by atoms with Crippen molar-refractivity contribution in [3.63, 3.8) is 0 Å². The molecule has 7 heteroatoms. The minimum absolute atomic E-state index is 0.196. The smallest absolute Gasteiger partial charge is 0.259 e. The summed E-state index contributed by atoms with van der Waals surface area (Å²) >= 11 is 7.10. The summed E-state index contributed by atoms with van der Waals surface area (Å²) in [5.41, 5.74) is 1.12. The first-order valence-corrected chi connectivity index (χ1v) is 9.53. The zero-order valence-corrected chi connectivity index (χ0v) is 17.2. The molecule has 0 bridgehead atoms. The highest BCUT2D eigenvalue weighted by Gasteiger charge is 2.20. The molecule has 0 saturated carbocycles. The second-order valence-electron chi connectivity index (χ2n) is 5.34. The third-order valence-electron chi connectivity index (χ3n) is 3.64. The third-order valence-corrected chi connectivity index (χ3v) is 5.75. The first kappa shape index (κ1) is 18.7. The second-order valence-corrected chi connectivity index (χ2v) is 6.93. The number of hydrogen-bond acceptors (Lipinski definition) is 4. The summed E-state index contributed by atoms with van der Waals surface area (Å²) < 4.78 is 12.8. The molecule has 0 unspecified atom stereocenters. The fourth-order valence-corrected chi connectivity index (χ4v) is 3.52. The number of nitrogens with zero attached hydrogens (tertiary/aromatic N) is 1. The lowest BCUT2D eigenvalue weighted by molar-refractivity contribution is 0.295. The lowest BCUT2D eigenvalue weighted by Gasteiger charge is -2.16.